The molecule has 7 nitrogen and oxygen atoms in total. The van der Waals surface area contributed by atoms with Crippen molar-refractivity contribution in [1.82, 2.24) is 15.4 Å². The van der Waals surface area contributed by atoms with Crippen LogP contribution in [0, 0.1) is 6.92 Å². The van der Waals surface area contributed by atoms with E-state index in [0.29, 0.717) is 12.3 Å². The summed E-state index contributed by atoms with van der Waals surface area (Å²) in [5.74, 6) is -0.255. The summed E-state index contributed by atoms with van der Waals surface area (Å²) in [5.41, 5.74) is 0.829. The maximum absolute atomic E-state index is 10.9. The maximum Gasteiger partial charge on any atom is 0.339 e. The molecule has 7 heteroatoms. The van der Waals surface area contributed by atoms with Crippen LogP contribution < -0.4 is 5.32 Å². The molecule has 0 aliphatic heterocycles. The van der Waals surface area contributed by atoms with Gasteiger partial charge < -0.3 is 14.9 Å². The molecule has 0 amide bonds. The zero-order chi connectivity index (χ0) is 12.3. The predicted octanol–water partition coefficient (Wildman–Crippen LogP) is 1.08. The number of hydrogen-bond donors (Lipinski definition) is 2. The van der Waals surface area contributed by atoms with Gasteiger partial charge in [0.2, 0.25) is 0 Å². The number of rotatable bonds is 4. The molecule has 0 aromatic carbocycles. The highest BCUT2D eigenvalue weighted by Gasteiger charge is 2.11. The van der Waals surface area contributed by atoms with E-state index < -0.39 is 5.97 Å². The number of aryl methyl sites for hydroxylation is 1. The number of nitrogens with zero attached hydrogens (tertiary/aromatic N) is 3. The number of aromatic carboxylic acids is 1. The van der Waals surface area contributed by atoms with Gasteiger partial charge in [0.1, 0.15) is 5.56 Å². The second-order valence-corrected chi connectivity index (χ2v) is 3.39. The third kappa shape index (κ3) is 2.57. The van der Waals surface area contributed by atoms with E-state index in [0.717, 1.165) is 5.69 Å². The molecule has 0 bridgehead atoms. The number of nitrogens with one attached hydrogen (secondary N) is 1. The number of hydrogen-bond acceptors (Lipinski definition) is 6. The van der Waals surface area contributed by atoms with Gasteiger partial charge in [-0.25, -0.2) is 4.79 Å². The highest BCUT2D eigenvalue weighted by atomic mass is 16.5. The Morgan fingerprint density at radius 2 is 2.41 bits per heavy atom. The fourth-order valence-electron chi connectivity index (χ4n) is 1.31. The van der Waals surface area contributed by atoms with Gasteiger partial charge in [0.15, 0.2) is 11.6 Å². The van der Waals surface area contributed by atoms with Crippen molar-refractivity contribution in [3.63, 3.8) is 0 Å². The first-order valence-corrected chi connectivity index (χ1v) is 4.88. The van der Waals surface area contributed by atoms with Gasteiger partial charge in [-0.15, -0.1) is 5.10 Å². The predicted molar refractivity (Wildman–Crippen MR) is 57.6 cm³/mol. The van der Waals surface area contributed by atoms with E-state index in [9.17, 15) is 4.79 Å². The molecular weight excluding hydrogens is 224 g/mol. The number of carbonyl (C=O) groups is 1. The first-order chi connectivity index (χ1) is 8.16. The van der Waals surface area contributed by atoms with E-state index in [1.54, 1.807) is 13.0 Å². The van der Waals surface area contributed by atoms with Crippen LogP contribution in [-0.2, 0) is 6.54 Å². The smallest absolute Gasteiger partial charge is 0.339 e. The third-order valence-corrected chi connectivity index (χ3v) is 2.06. The van der Waals surface area contributed by atoms with Crippen LogP contribution in [0.4, 0.5) is 5.82 Å². The van der Waals surface area contributed by atoms with E-state index in [1.807, 2.05) is 0 Å². The van der Waals surface area contributed by atoms with Gasteiger partial charge in [0.05, 0.1) is 18.4 Å². The van der Waals surface area contributed by atoms with Crippen molar-refractivity contribution in [2.75, 3.05) is 5.32 Å². The molecule has 2 heterocycles. The van der Waals surface area contributed by atoms with Crippen LogP contribution in [0.2, 0.25) is 0 Å². The molecular formula is C10H10N4O3. The molecule has 17 heavy (non-hydrogen) atoms. The molecule has 0 atom stereocenters. The summed E-state index contributed by atoms with van der Waals surface area (Å²) >= 11 is 0. The Morgan fingerprint density at radius 3 is 3.06 bits per heavy atom. The Hall–Kier alpha value is -2.44. The molecule has 88 valence electrons. The summed E-state index contributed by atoms with van der Waals surface area (Å²) in [5, 5.41) is 22.8. The quantitative estimate of drug-likeness (QED) is 0.816. The van der Waals surface area contributed by atoms with Crippen molar-refractivity contribution in [3.8, 4) is 0 Å². The summed E-state index contributed by atoms with van der Waals surface area (Å²) in [6.07, 6.45) is 1.33. The molecule has 2 rings (SSSR count). The van der Waals surface area contributed by atoms with Crippen LogP contribution in [0.3, 0.4) is 0 Å². The Morgan fingerprint density at radius 1 is 1.59 bits per heavy atom. The molecule has 0 unspecified atom stereocenters. The molecule has 2 N–H and O–H groups in total. The SMILES string of the molecule is Cc1cc(CNc2nnccc2C(=O)O)on1. The summed E-state index contributed by atoms with van der Waals surface area (Å²) < 4.78 is 4.98. The normalized spacial score (nSPS) is 10.2. The van der Waals surface area contributed by atoms with Crippen molar-refractivity contribution in [2.45, 2.75) is 13.5 Å². The second kappa shape index (κ2) is 4.60. The highest BCUT2D eigenvalue weighted by molar-refractivity contribution is 5.92. The topological polar surface area (TPSA) is 101 Å². The molecule has 0 spiro atoms. The third-order valence-electron chi connectivity index (χ3n) is 2.06. The lowest BCUT2D eigenvalue weighted by atomic mass is 10.3. The van der Waals surface area contributed by atoms with Crippen molar-refractivity contribution in [2.24, 2.45) is 0 Å². The van der Waals surface area contributed by atoms with E-state index in [2.05, 4.69) is 20.7 Å². The van der Waals surface area contributed by atoms with Crippen LogP contribution >= 0.6 is 0 Å². The van der Waals surface area contributed by atoms with Crippen LogP contribution in [0.1, 0.15) is 21.8 Å². The van der Waals surface area contributed by atoms with Crippen molar-refractivity contribution < 1.29 is 14.4 Å². The van der Waals surface area contributed by atoms with Gasteiger partial charge in [0, 0.05) is 6.07 Å². The van der Waals surface area contributed by atoms with Gasteiger partial charge >= 0.3 is 5.97 Å². The van der Waals surface area contributed by atoms with Gasteiger partial charge in [0.25, 0.3) is 0 Å². The molecule has 0 aliphatic carbocycles. The monoisotopic (exact) mass is 234 g/mol. The Labute approximate surface area is 96.5 Å². The lowest BCUT2D eigenvalue weighted by Gasteiger charge is -2.04. The average molecular weight is 234 g/mol. The molecule has 0 fully saturated rings. The fourth-order valence-corrected chi connectivity index (χ4v) is 1.31. The summed E-state index contributed by atoms with van der Waals surface area (Å²) in [6, 6.07) is 3.13. The van der Waals surface area contributed by atoms with Gasteiger partial charge in [-0.05, 0) is 13.0 Å². The minimum absolute atomic E-state index is 0.0660. The van der Waals surface area contributed by atoms with Crippen LogP contribution in [0.5, 0.6) is 0 Å². The van der Waals surface area contributed by atoms with Crippen LogP contribution in [0.15, 0.2) is 22.9 Å². The van der Waals surface area contributed by atoms with Crippen molar-refractivity contribution in [3.05, 3.63) is 35.3 Å². The molecule has 0 saturated carbocycles. The van der Waals surface area contributed by atoms with E-state index in [-0.39, 0.29) is 11.4 Å². The molecule has 0 saturated heterocycles. The Kier molecular flexibility index (Phi) is 2.99. The minimum atomic E-state index is -1.06. The number of carboxylic acid groups (broad SMARTS) is 1. The number of anilines is 1. The highest BCUT2D eigenvalue weighted by Crippen LogP contribution is 2.12. The van der Waals surface area contributed by atoms with Gasteiger partial charge in [-0.1, -0.05) is 5.16 Å². The standard InChI is InChI=1S/C10H10N4O3/c1-6-4-7(17-14-6)5-11-9-8(10(15)16)2-3-12-13-9/h2-4H,5H2,1H3,(H,11,13)(H,15,16). The number of aromatic nitrogens is 3. The Bertz CT molecular complexity index is 538. The lowest BCUT2D eigenvalue weighted by molar-refractivity contribution is 0.0697. The molecule has 0 radical (unpaired) electrons. The zero-order valence-corrected chi connectivity index (χ0v) is 9.04. The van der Waals surface area contributed by atoms with Gasteiger partial charge in [-0.3, -0.25) is 0 Å². The minimum Gasteiger partial charge on any atom is -0.478 e. The molecule has 2 aromatic heterocycles. The first kappa shape index (κ1) is 11.1. The lowest BCUT2D eigenvalue weighted by Crippen LogP contribution is -2.08. The number of carboxylic acids is 1. The summed E-state index contributed by atoms with van der Waals surface area (Å²) in [7, 11) is 0. The van der Waals surface area contributed by atoms with Crippen LogP contribution in [-0.4, -0.2) is 26.4 Å². The first-order valence-electron chi connectivity index (χ1n) is 4.88. The van der Waals surface area contributed by atoms with E-state index in [1.165, 1.54) is 12.3 Å². The maximum atomic E-state index is 10.9. The van der Waals surface area contributed by atoms with Crippen molar-refractivity contribution in [1.29, 1.82) is 0 Å². The largest absolute Gasteiger partial charge is 0.478 e. The van der Waals surface area contributed by atoms with E-state index >= 15 is 0 Å². The van der Waals surface area contributed by atoms with E-state index in [4.69, 9.17) is 9.63 Å². The molecule has 2 aromatic rings. The zero-order valence-electron chi connectivity index (χ0n) is 9.04. The second-order valence-electron chi connectivity index (χ2n) is 3.39. The van der Waals surface area contributed by atoms with Crippen molar-refractivity contribution >= 4 is 11.8 Å². The van der Waals surface area contributed by atoms with Gasteiger partial charge in [-0.2, -0.15) is 5.10 Å². The van der Waals surface area contributed by atoms with Crippen LogP contribution in [0.25, 0.3) is 0 Å². The average Bonchev–Trinajstić information content (AvgIpc) is 2.73. The summed E-state index contributed by atoms with van der Waals surface area (Å²) in [4.78, 5) is 10.9. The molecule has 0 aliphatic rings. The summed E-state index contributed by atoms with van der Waals surface area (Å²) in [6.45, 7) is 2.11. The Balaban J connectivity index is 2.11. The fraction of sp³-hybridized carbons (Fsp3) is 0.200.